The van der Waals surface area contributed by atoms with Crippen LogP contribution in [-0.2, 0) is 14.9 Å². The highest BCUT2D eigenvalue weighted by Crippen LogP contribution is 2.24. The number of methoxy groups -OCH3 is 1. The predicted molar refractivity (Wildman–Crippen MR) is 101 cm³/mol. The van der Waals surface area contributed by atoms with Gasteiger partial charge in [-0.2, -0.15) is 0 Å². The molecule has 0 aliphatic carbocycles. The molecule has 0 aromatic heterocycles. The lowest BCUT2D eigenvalue weighted by atomic mass is 9.87. The van der Waals surface area contributed by atoms with E-state index in [-0.39, 0.29) is 11.4 Å². The van der Waals surface area contributed by atoms with E-state index in [1.807, 2.05) is 17.0 Å². The smallest absolute Gasteiger partial charge is 0.321 e. The maximum atomic E-state index is 12.4. The normalized spacial score (nSPS) is 16.1. The number of anilines is 1. The monoisotopic (exact) mass is 348 g/mol. The van der Waals surface area contributed by atoms with Gasteiger partial charge in [-0.15, -0.1) is 0 Å². The number of hydrogen-bond donors (Lipinski definition) is 1. The van der Waals surface area contributed by atoms with Gasteiger partial charge in [0.05, 0.1) is 13.2 Å². The first-order valence-corrected chi connectivity index (χ1v) is 9.13. The molecule has 0 spiro atoms. The minimum Gasteiger partial charge on any atom is -0.382 e. The summed E-state index contributed by atoms with van der Waals surface area (Å²) in [5.74, 6) is 0.534. The lowest BCUT2D eigenvalue weighted by molar-refractivity contribution is 0.0386. The number of nitrogens with zero attached hydrogens (tertiary/aromatic N) is 1. The van der Waals surface area contributed by atoms with Crippen LogP contribution in [0.15, 0.2) is 24.3 Å². The molecule has 1 aliphatic rings. The number of likely N-dealkylation sites (tertiary alicyclic amines) is 1. The van der Waals surface area contributed by atoms with Crippen LogP contribution in [0.3, 0.4) is 0 Å². The molecule has 1 N–H and O–H groups in total. The molecule has 1 fully saturated rings. The molecule has 1 heterocycles. The first-order chi connectivity index (χ1) is 11.9. The van der Waals surface area contributed by atoms with Crippen molar-refractivity contribution in [3.05, 3.63) is 29.8 Å². The van der Waals surface area contributed by atoms with Crippen molar-refractivity contribution in [2.24, 2.45) is 5.92 Å². The summed E-state index contributed by atoms with van der Waals surface area (Å²) in [6.45, 7) is 10.1. The fraction of sp³-hybridized carbons (Fsp3) is 0.650. The molecule has 2 rings (SSSR count). The highest BCUT2D eigenvalue weighted by atomic mass is 16.5. The van der Waals surface area contributed by atoms with Crippen LogP contribution >= 0.6 is 0 Å². The van der Waals surface area contributed by atoms with Gasteiger partial charge < -0.3 is 19.7 Å². The third kappa shape index (κ3) is 6.33. The lowest BCUT2D eigenvalue weighted by Gasteiger charge is -2.32. The summed E-state index contributed by atoms with van der Waals surface area (Å²) in [4.78, 5) is 14.3. The lowest BCUT2D eigenvalue weighted by Crippen LogP contribution is -2.41. The molecule has 5 nitrogen and oxygen atoms in total. The molecule has 1 saturated heterocycles. The standard InChI is InChI=1S/C20H32N2O3/c1-20(2,3)17-5-7-18(8-6-17)21-19(23)22-11-9-16(10-12-22)15-25-14-13-24-4/h5-8,16H,9-15H2,1-4H3,(H,21,23). The van der Waals surface area contributed by atoms with Crippen LogP contribution in [0.5, 0.6) is 0 Å². The van der Waals surface area contributed by atoms with Crippen LogP contribution in [0.1, 0.15) is 39.2 Å². The maximum absolute atomic E-state index is 12.4. The Morgan fingerprint density at radius 2 is 1.80 bits per heavy atom. The number of carbonyl (C=O) groups is 1. The summed E-state index contributed by atoms with van der Waals surface area (Å²) in [5, 5.41) is 3.00. The molecule has 25 heavy (non-hydrogen) atoms. The van der Waals surface area contributed by atoms with E-state index in [1.54, 1.807) is 7.11 Å². The van der Waals surface area contributed by atoms with Crippen LogP contribution in [0.25, 0.3) is 0 Å². The van der Waals surface area contributed by atoms with Crippen LogP contribution < -0.4 is 5.32 Å². The molecular weight excluding hydrogens is 316 g/mol. The number of piperidine rings is 1. The van der Waals surface area contributed by atoms with Crippen molar-refractivity contribution in [2.75, 3.05) is 45.3 Å². The van der Waals surface area contributed by atoms with Crippen molar-refractivity contribution in [3.63, 3.8) is 0 Å². The zero-order valence-electron chi connectivity index (χ0n) is 16.0. The second kappa shape index (κ2) is 9.20. The Balaban J connectivity index is 1.75. The summed E-state index contributed by atoms with van der Waals surface area (Å²) in [6.07, 6.45) is 1.98. The molecule has 0 bridgehead atoms. The minimum atomic E-state index is -0.0118. The van der Waals surface area contributed by atoms with E-state index in [9.17, 15) is 4.79 Å². The SMILES string of the molecule is COCCOCC1CCN(C(=O)Nc2ccc(C(C)(C)C)cc2)CC1. The van der Waals surface area contributed by atoms with Gasteiger partial charge in [-0.1, -0.05) is 32.9 Å². The van der Waals surface area contributed by atoms with E-state index in [2.05, 4.69) is 38.2 Å². The molecule has 5 heteroatoms. The van der Waals surface area contributed by atoms with Gasteiger partial charge in [0, 0.05) is 32.5 Å². The number of amides is 2. The van der Waals surface area contributed by atoms with Gasteiger partial charge in [0.25, 0.3) is 0 Å². The summed E-state index contributed by atoms with van der Waals surface area (Å²) >= 11 is 0. The topological polar surface area (TPSA) is 50.8 Å². The van der Waals surface area contributed by atoms with Crippen LogP contribution in [0.2, 0.25) is 0 Å². The molecule has 0 atom stereocenters. The number of ether oxygens (including phenoxy) is 2. The molecule has 1 aromatic carbocycles. The molecule has 0 unspecified atom stereocenters. The van der Waals surface area contributed by atoms with E-state index in [4.69, 9.17) is 9.47 Å². The second-order valence-electron chi connectivity index (χ2n) is 7.76. The Morgan fingerprint density at radius 3 is 2.36 bits per heavy atom. The Labute approximate surface area is 151 Å². The molecule has 1 aromatic rings. The van der Waals surface area contributed by atoms with E-state index >= 15 is 0 Å². The number of hydrogen-bond acceptors (Lipinski definition) is 3. The van der Waals surface area contributed by atoms with E-state index in [0.717, 1.165) is 38.2 Å². The molecule has 140 valence electrons. The number of benzene rings is 1. The molecule has 2 amide bonds. The molecule has 0 radical (unpaired) electrons. The summed E-state index contributed by atoms with van der Waals surface area (Å²) in [5.41, 5.74) is 2.23. The van der Waals surface area contributed by atoms with Gasteiger partial charge in [-0.3, -0.25) is 0 Å². The maximum Gasteiger partial charge on any atom is 0.321 e. The number of rotatable bonds is 6. The Hall–Kier alpha value is -1.59. The number of carbonyl (C=O) groups excluding carboxylic acids is 1. The van der Waals surface area contributed by atoms with E-state index in [0.29, 0.717) is 19.1 Å². The second-order valence-corrected chi connectivity index (χ2v) is 7.76. The highest BCUT2D eigenvalue weighted by Gasteiger charge is 2.23. The van der Waals surface area contributed by atoms with E-state index in [1.165, 1.54) is 5.56 Å². The van der Waals surface area contributed by atoms with Crippen molar-refractivity contribution in [1.82, 2.24) is 4.90 Å². The van der Waals surface area contributed by atoms with Crippen molar-refractivity contribution in [1.29, 1.82) is 0 Å². The van der Waals surface area contributed by atoms with Crippen molar-refractivity contribution >= 4 is 11.7 Å². The average molecular weight is 348 g/mol. The Kier molecular flexibility index (Phi) is 7.26. The molecular formula is C20H32N2O3. The summed E-state index contributed by atoms with van der Waals surface area (Å²) < 4.78 is 10.6. The van der Waals surface area contributed by atoms with Gasteiger partial charge in [-0.25, -0.2) is 4.79 Å². The Morgan fingerprint density at radius 1 is 1.16 bits per heavy atom. The summed E-state index contributed by atoms with van der Waals surface area (Å²) in [7, 11) is 1.68. The van der Waals surface area contributed by atoms with Gasteiger partial charge in [0.15, 0.2) is 0 Å². The molecule has 0 saturated carbocycles. The van der Waals surface area contributed by atoms with Gasteiger partial charge in [-0.05, 0) is 41.9 Å². The number of nitrogens with one attached hydrogen (secondary N) is 1. The Bertz CT molecular complexity index is 529. The van der Waals surface area contributed by atoms with Crippen LogP contribution in [-0.4, -0.2) is 51.0 Å². The van der Waals surface area contributed by atoms with Crippen molar-refractivity contribution in [2.45, 2.75) is 39.0 Å². The fourth-order valence-corrected chi connectivity index (χ4v) is 2.95. The zero-order chi connectivity index (χ0) is 18.3. The first kappa shape index (κ1) is 19.7. The van der Waals surface area contributed by atoms with Crippen molar-refractivity contribution < 1.29 is 14.3 Å². The third-order valence-corrected chi connectivity index (χ3v) is 4.69. The van der Waals surface area contributed by atoms with Crippen molar-refractivity contribution in [3.8, 4) is 0 Å². The van der Waals surface area contributed by atoms with Gasteiger partial charge in [0.1, 0.15) is 0 Å². The number of urea groups is 1. The highest BCUT2D eigenvalue weighted by molar-refractivity contribution is 5.89. The average Bonchev–Trinajstić information content (AvgIpc) is 2.59. The van der Waals surface area contributed by atoms with Gasteiger partial charge >= 0.3 is 6.03 Å². The predicted octanol–water partition coefficient (Wildman–Crippen LogP) is 3.89. The first-order valence-electron chi connectivity index (χ1n) is 9.13. The van der Waals surface area contributed by atoms with E-state index < -0.39 is 0 Å². The molecule has 1 aliphatic heterocycles. The summed E-state index contributed by atoms with van der Waals surface area (Å²) in [6, 6.07) is 8.12. The largest absolute Gasteiger partial charge is 0.382 e. The minimum absolute atomic E-state index is 0.0118. The fourth-order valence-electron chi connectivity index (χ4n) is 2.95. The quantitative estimate of drug-likeness (QED) is 0.794. The van der Waals surface area contributed by atoms with Gasteiger partial charge in [0.2, 0.25) is 0 Å². The zero-order valence-corrected chi connectivity index (χ0v) is 16.0. The van der Waals surface area contributed by atoms with Crippen LogP contribution in [0, 0.1) is 5.92 Å². The van der Waals surface area contributed by atoms with Crippen LogP contribution in [0.4, 0.5) is 10.5 Å². The third-order valence-electron chi connectivity index (χ3n) is 4.69.